The van der Waals surface area contributed by atoms with Crippen LogP contribution in [0.1, 0.15) is 19.4 Å². The third-order valence-electron chi connectivity index (χ3n) is 2.15. The van der Waals surface area contributed by atoms with Gasteiger partial charge in [-0.3, -0.25) is 9.59 Å². The summed E-state index contributed by atoms with van der Waals surface area (Å²) in [6, 6.07) is 7.40. The Morgan fingerprint density at radius 3 is 2.35 bits per heavy atom. The standard InChI is InChI=1S/C13H17NO3/c1-9(2)13(16)17-8-12(15)14-11-6-4-10(3)5-7-11/h4-7,9H,8H2,1-3H3,(H,14,15). The predicted molar refractivity (Wildman–Crippen MR) is 65.6 cm³/mol. The van der Waals surface area contributed by atoms with Gasteiger partial charge in [0, 0.05) is 5.69 Å². The van der Waals surface area contributed by atoms with Crippen molar-refractivity contribution < 1.29 is 14.3 Å². The van der Waals surface area contributed by atoms with Gasteiger partial charge in [-0.25, -0.2) is 0 Å². The Balaban J connectivity index is 2.40. The van der Waals surface area contributed by atoms with Gasteiger partial charge in [-0.05, 0) is 19.1 Å². The van der Waals surface area contributed by atoms with Crippen LogP contribution in [-0.4, -0.2) is 18.5 Å². The lowest BCUT2D eigenvalue weighted by atomic mass is 10.2. The molecular formula is C13H17NO3. The van der Waals surface area contributed by atoms with E-state index in [1.807, 2.05) is 19.1 Å². The third-order valence-corrected chi connectivity index (χ3v) is 2.15. The molecule has 1 rings (SSSR count). The van der Waals surface area contributed by atoms with E-state index < -0.39 is 0 Å². The second-order valence-corrected chi connectivity index (χ2v) is 4.18. The Labute approximate surface area is 101 Å². The van der Waals surface area contributed by atoms with E-state index in [0.717, 1.165) is 5.56 Å². The minimum atomic E-state index is -0.371. The highest BCUT2D eigenvalue weighted by Crippen LogP contribution is 2.08. The Morgan fingerprint density at radius 1 is 1.24 bits per heavy atom. The van der Waals surface area contributed by atoms with Crippen molar-refractivity contribution in [3.05, 3.63) is 29.8 Å². The number of carbonyl (C=O) groups excluding carboxylic acids is 2. The van der Waals surface area contributed by atoms with E-state index in [4.69, 9.17) is 4.74 Å². The first-order valence-electron chi connectivity index (χ1n) is 5.52. The van der Waals surface area contributed by atoms with Crippen LogP contribution in [0.4, 0.5) is 5.69 Å². The van der Waals surface area contributed by atoms with Crippen LogP contribution in [0.3, 0.4) is 0 Å². The van der Waals surface area contributed by atoms with E-state index in [2.05, 4.69) is 5.32 Å². The van der Waals surface area contributed by atoms with Gasteiger partial charge in [-0.15, -0.1) is 0 Å². The zero-order valence-electron chi connectivity index (χ0n) is 10.3. The minimum absolute atomic E-state index is 0.220. The topological polar surface area (TPSA) is 55.4 Å². The van der Waals surface area contributed by atoms with Crippen LogP contribution < -0.4 is 5.32 Å². The van der Waals surface area contributed by atoms with Gasteiger partial charge in [0.2, 0.25) is 0 Å². The summed E-state index contributed by atoms with van der Waals surface area (Å²) in [7, 11) is 0. The smallest absolute Gasteiger partial charge is 0.308 e. The second-order valence-electron chi connectivity index (χ2n) is 4.18. The molecule has 1 aromatic carbocycles. The number of aryl methyl sites for hydroxylation is 1. The maximum absolute atomic E-state index is 11.4. The van der Waals surface area contributed by atoms with Gasteiger partial charge in [-0.1, -0.05) is 31.5 Å². The monoisotopic (exact) mass is 235 g/mol. The Hall–Kier alpha value is -1.84. The highest BCUT2D eigenvalue weighted by Gasteiger charge is 2.10. The van der Waals surface area contributed by atoms with Gasteiger partial charge >= 0.3 is 5.97 Å². The summed E-state index contributed by atoms with van der Waals surface area (Å²) in [6.45, 7) is 5.17. The molecule has 0 heterocycles. The maximum atomic E-state index is 11.4. The lowest BCUT2D eigenvalue weighted by Crippen LogP contribution is -2.22. The number of nitrogens with one attached hydrogen (secondary N) is 1. The maximum Gasteiger partial charge on any atom is 0.308 e. The molecule has 0 unspecified atom stereocenters. The molecular weight excluding hydrogens is 218 g/mol. The summed E-state index contributed by atoms with van der Waals surface area (Å²) in [4.78, 5) is 22.6. The van der Waals surface area contributed by atoms with Crippen molar-refractivity contribution >= 4 is 17.6 Å². The predicted octanol–water partition coefficient (Wildman–Crippen LogP) is 2.13. The fourth-order valence-corrected chi connectivity index (χ4v) is 1.14. The number of hydrogen-bond acceptors (Lipinski definition) is 3. The summed E-state index contributed by atoms with van der Waals surface area (Å²) in [6.07, 6.45) is 0. The zero-order valence-corrected chi connectivity index (χ0v) is 10.3. The van der Waals surface area contributed by atoms with E-state index in [1.165, 1.54) is 0 Å². The van der Waals surface area contributed by atoms with Crippen LogP contribution >= 0.6 is 0 Å². The molecule has 1 aromatic rings. The molecule has 0 aliphatic heterocycles. The molecule has 4 nitrogen and oxygen atoms in total. The van der Waals surface area contributed by atoms with Gasteiger partial charge in [0.05, 0.1) is 5.92 Å². The van der Waals surface area contributed by atoms with Crippen LogP contribution in [0, 0.1) is 12.8 Å². The van der Waals surface area contributed by atoms with Gasteiger partial charge in [0.1, 0.15) is 0 Å². The van der Waals surface area contributed by atoms with E-state index >= 15 is 0 Å². The number of carbonyl (C=O) groups is 2. The van der Waals surface area contributed by atoms with Crippen LogP contribution in [0.25, 0.3) is 0 Å². The molecule has 0 aliphatic rings. The normalized spacial score (nSPS) is 10.1. The molecule has 0 bridgehead atoms. The van der Waals surface area contributed by atoms with Gasteiger partial charge in [0.15, 0.2) is 6.61 Å². The number of esters is 1. The van der Waals surface area contributed by atoms with Crippen LogP contribution in [0.15, 0.2) is 24.3 Å². The molecule has 0 saturated heterocycles. The number of anilines is 1. The molecule has 0 saturated carbocycles. The summed E-state index contributed by atoms with van der Waals surface area (Å²) in [5.41, 5.74) is 1.82. The van der Waals surface area contributed by atoms with Crippen molar-refractivity contribution in [1.29, 1.82) is 0 Å². The van der Waals surface area contributed by atoms with Crippen molar-refractivity contribution in [1.82, 2.24) is 0 Å². The van der Waals surface area contributed by atoms with Crippen molar-refractivity contribution in [2.24, 2.45) is 5.92 Å². The molecule has 0 aromatic heterocycles. The first kappa shape index (κ1) is 13.2. The Morgan fingerprint density at radius 2 is 1.82 bits per heavy atom. The largest absolute Gasteiger partial charge is 0.455 e. The SMILES string of the molecule is Cc1ccc(NC(=O)COC(=O)C(C)C)cc1. The molecule has 4 heteroatoms. The first-order chi connectivity index (χ1) is 7.99. The Kier molecular flexibility index (Phi) is 4.69. The number of amides is 1. The van der Waals surface area contributed by atoms with Crippen molar-refractivity contribution in [3.63, 3.8) is 0 Å². The van der Waals surface area contributed by atoms with E-state index in [-0.39, 0.29) is 24.4 Å². The van der Waals surface area contributed by atoms with Gasteiger partial charge in [0.25, 0.3) is 5.91 Å². The molecule has 0 spiro atoms. The van der Waals surface area contributed by atoms with Crippen LogP contribution in [0.2, 0.25) is 0 Å². The second kappa shape index (κ2) is 6.03. The summed E-state index contributed by atoms with van der Waals surface area (Å²) < 4.78 is 4.81. The minimum Gasteiger partial charge on any atom is -0.455 e. The molecule has 17 heavy (non-hydrogen) atoms. The average Bonchev–Trinajstić information content (AvgIpc) is 2.29. The number of rotatable bonds is 4. The molecule has 1 amide bonds. The average molecular weight is 235 g/mol. The number of hydrogen-bond donors (Lipinski definition) is 1. The fraction of sp³-hybridized carbons (Fsp3) is 0.385. The van der Waals surface area contributed by atoms with Crippen molar-refractivity contribution in [2.75, 3.05) is 11.9 Å². The molecule has 0 fully saturated rings. The fourth-order valence-electron chi connectivity index (χ4n) is 1.14. The summed E-state index contributed by atoms with van der Waals surface area (Å²) in [5, 5.41) is 2.65. The number of ether oxygens (including phenoxy) is 1. The molecule has 1 N–H and O–H groups in total. The van der Waals surface area contributed by atoms with Gasteiger partial charge in [-0.2, -0.15) is 0 Å². The first-order valence-corrected chi connectivity index (χ1v) is 5.52. The highest BCUT2D eigenvalue weighted by atomic mass is 16.5. The van der Waals surface area contributed by atoms with Crippen molar-refractivity contribution in [3.8, 4) is 0 Å². The molecule has 0 aliphatic carbocycles. The third kappa shape index (κ3) is 4.68. The van der Waals surface area contributed by atoms with E-state index in [0.29, 0.717) is 5.69 Å². The van der Waals surface area contributed by atoms with E-state index in [1.54, 1.807) is 26.0 Å². The lowest BCUT2D eigenvalue weighted by molar-refractivity contribution is -0.150. The lowest BCUT2D eigenvalue weighted by Gasteiger charge is -2.08. The van der Waals surface area contributed by atoms with Gasteiger partial charge < -0.3 is 10.1 Å². The molecule has 92 valence electrons. The number of benzene rings is 1. The van der Waals surface area contributed by atoms with Crippen LogP contribution in [0.5, 0.6) is 0 Å². The summed E-state index contributed by atoms with van der Waals surface area (Å²) in [5.74, 6) is -0.922. The summed E-state index contributed by atoms with van der Waals surface area (Å²) >= 11 is 0. The van der Waals surface area contributed by atoms with Crippen molar-refractivity contribution in [2.45, 2.75) is 20.8 Å². The van der Waals surface area contributed by atoms with E-state index in [9.17, 15) is 9.59 Å². The molecule has 0 radical (unpaired) electrons. The van der Waals surface area contributed by atoms with Crippen LogP contribution in [-0.2, 0) is 14.3 Å². The molecule has 0 atom stereocenters. The zero-order chi connectivity index (χ0) is 12.8. The Bertz CT molecular complexity index is 396. The quantitative estimate of drug-likeness (QED) is 0.813. The highest BCUT2D eigenvalue weighted by molar-refractivity contribution is 5.92.